The number of nitrogens with one attached hydrogen (secondary N) is 2. The van der Waals surface area contributed by atoms with Crippen molar-refractivity contribution in [2.24, 2.45) is 0 Å². The van der Waals surface area contributed by atoms with Gasteiger partial charge in [-0.2, -0.15) is 0 Å². The summed E-state index contributed by atoms with van der Waals surface area (Å²) < 4.78 is 0. The average Bonchev–Trinajstić information content (AvgIpc) is 3.25. The Labute approximate surface area is 179 Å². The number of para-hydroxylation sites is 1. The molecule has 30 heavy (non-hydrogen) atoms. The summed E-state index contributed by atoms with van der Waals surface area (Å²) in [5.41, 5.74) is 3.80. The highest BCUT2D eigenvalue weighted by molar-refractivity contribution is 5.95. The van der Waals surface area contributed by atoms with Crippen LogP contribution < -0.4 is 15.5 Å². The van der Waals surface area contributed by atoms with E-state index in [-0.39, 0.29) is 24.9 Å². The van der Waals surface area contributed by atoms with Gasteiger partial charge in [0.05, 0.1) is 13.1 Å². The summed E-state index contributed by atoms with van der Waals surface area (Å²) in [6, 6.07) is 15.7. The molecule has 2 aromatic carbocycles. The molecule has 1 heterocycles. The lowest BCUT2D eigenvalue weighted by atomic mass is 10.2. The zero-order valence-corrected chi connectivity index (χ0v) is 18.0. The number of hydrogen-bond donors (Lipinski definition) is 2. The van der Waals surface area contributed by atoms with E-state index < -0.39 is 0 Å². The van der Waals surface area contributed by atoms with Crippen LogP contribution in [0.2, 0.25) is 0 Å². The van der Waals surface area contributed by atoms with Crippen LogP contribution in [-0.2, 0) is 9.59 Å². The molecule has 6 nitrogen and oxygen atoms in total. The Balaban J connectivity index is 1.51. The van der Waals surface area contributed by atoms with E-state index >= 15 is 0 Å². The lowest BCUT2D eigenvalue weighted by molar-refractivity contribution is -0.120. The van der Waals surface area contributed by atoms with Crippen molar-refractivity contribution >= 4 is 28.9 Å². The lowest BCUT2D eigenvalue weighted by Crippen LogP contribution is -2.39. The number of amides is 2. The van der Waals surface area contributed by atoms with Crippen molar-refractivity contribution in [3.8, 4) is 0 Å². The van der Waals surface area contributed by atoms with E-state index in [0.717, 1.165) is 36.4 Å². The Kier molecular flexibility index (Phi) is 7.85. The predicted octanol–water partition coefficient (Wildman–Crippen LogP) is 3.88. The minimum atomic E-state index is -0.111. The highest BCUT2D eigenvalue weighted by atomic mass is 16.2. The van der Waals surface area contributed by atoms with Crippen molar-refractivity contribution < 1.29 is 9.59 Å². The van der Waals surface area contributed by atoms with Crippen molar-refractivity contribution in [3.63, 3.8) is 0 Å². The maximum atomic E-state index is 12.5. The second-order valence-corrected chi connectivity index (χ2v) is 7.86. The largest absolute Gasteiger partial charge is 0.372 e. The van der Waals surface area contributed by atoms with Gasteiger partial charge in [-0.25, -0.2) is 0 Å². The number of anilines is 3. The number of carbonyl (C=O) groups excluding carboxylic acids is 2. The molecular formula is C24H32N4O2. The Morgan fingerprint density at radius 2 is 1.57 bits per heavy atom. The maximum absolute atomic E-state index is 12.5. The summed E-state index contributed by atoms with van der Waals surface area (Å²) in [5, 5.41) is 5.89. The van der Waals surface area contributed by atoms with E-state index in [1.807, 2.05) is 55.1 Å². The molecule has 0 radical (unpaired) electrons. The zero-order valence-electron chi connectivity index (χ0n) is 18.0. The van der Waals surface area contributed by atoms with E-state index in [4.69, 9.17) is 0 Å². The highest BCUT2D eigenvalue weighted by Gasteiger charge is 2.16. The van der Waals surface area contributed by atoms with E-state index in [0.29, 0.717) is 6.54 Å². The minimum Gasteiger partial charge on any atom is -0.372 e. The molecule has 2 aromatic rings. The molecule has 0 aromatic heterocycles. The first-order chi connectivity index (χ1) is 14.5. The van der Waals surface area contributed by atoms with Crippen LogP contribution in [0.5, 0.6) is 0 Å². The molecule has 0 spiro atoms. The fraction of sp³-hybridized carbons (Fsp3) is 0.417. The van der Waals surface area contributed by atoms with Gasteiger partial charge in [0.2, 0.25) is 11.8 Å². The fourth-order valence-electron chi connectivity index (χ4n) is 3.77. The monoisotopic (exact) mass is 408 g/mol. The quantitative estimate of drug-likeness (QED) is 0.661. The van der Waals surface area contributed by atoms with Gasteiger partial charge in [0.25, 0.3) is 0 Å². The summed E-state index contributed by atoms with van der Waals surface area (Å²) in [5.74, 6) is -0.221. The SMILES string of the molecule is CCCN(CC(=O)Nc1ccc(N2CCCC2)cc1)CC(=O)Nc1ccccc1C. The van der Waals surface area contributed by atoms with Crippen LogP contribution in [0.1, 0.15) is 31.7 Å². The molecule has 2 N–H and O–H groups in total. The average molecular weight is 409 g/mol. The van der Waals surface area contributed by atoms with Crippen LogP contribution >= 0.6 is 0 Å². The number of benzene rings is 2. The molecule has 3 rings (SSSR count). The van der Waals surface area contributed by atoms with Crippen molar-refractivity contribution in [2.75, 3.05) is 48.3 Å². The van der Waals surface area contributed by atoms with E-state index in [2.05, 4.69) is 27.7 Å². The van der Waals surface area contributed by atoms with Gasteiger partial charge in [-0.3, -0.25) is 14.5 Å². The minimum absolute atomic E-state index is 0.110. The number of aryl methyl sites for hydroxylation is 1. The van der Waals surface area contributed by atoms with Gasteiger partial charge in [0.15, 0.2) is 0 Å². The number of hydrogen-bond acceptors (Lipinski definition) is 4. The van der Waals surface area contributed by atoms with Gasteiger partial charge in [0.1, 0.15) is 0 Å². The summed E-state index contributed by atoms with van der Waals surface area (Å²) >= 11 is 0. The van der Waals surface area contributed by atoms with Gasteiger partial charge in [-0.15, -0.1) is 0 Å². The summed E-state index contributed by atoms with van der Waals surface area (Å²) in [6.07, 6.45) is 3.35. The molecule has 0 unspecified atom stereocenters. The fourth-order valence-corrected chi connectivity index (χ4v) is 3.77. The Bertz CT molecular complexity index is 845. The van der Waals surface area contributed by atoms with Crippen LogP contribution in [0.4, 0.5) is 17.1 Å². The molecule has 1 aliphatic heterocycles. The number of carbonyl (C=O) groups is 2. The van der Waals surface area contributed by atoms with Crippen LogP contribution in [0, 0.1) is 6.92 Å². The van der Waals surface area contributed by atoms with Gasteiger partial charge >= 0.3 is 0 Å². The number of nitrogens with zero attached hydrogens (tertiary/aromatic N) is 2. The van der Waals surface area contributed by atoms with E-state index in [9.17, 15) is 9.59 Å². The molecule has 6 heteroatoms. The Hall–Kier alpha value is -2.86. The molecule has 1 fully saturated rings. The lowest BCUT2D eigenvalue weighted by Gasteiger charge is -2.21. The standard InChI is InChI=1S/C24H32N4O2/c1-3-14-27(18-24(30)26-22-9-5-4-8-19(22)2)17-23(29)25-20-10-12-21(13-11-20)28-15-6-7-16-28/h4-5,8-13H,3,6-7,14-18H2,1-2H3,(H,25,29)(H,26,30). The first-order valence-electron chi connectivity index (χ1n) is 10.8. The van der Waals surface area contributed by atoms with Gasteiger partial charge < -0.3 is 15.5 Å². The van der Waals surface area contributed by atoms with Crippen molar-refractivity contribution in [2.45, 2.75) is 33.1 Å². The third-order valence-electron chi connectivity index (χ3n) is 5.32. The summed E-state index contributed by atoms with van der Waals surface area (Å²) in [7, 11) is 0. The van der Waals surface area contributed by atoms with Crippen molar-refractivity contribution in [3.05, 3.63) is 54.1 Å². The first-order valence-corrected chi connectivity index (χ1v) is 10.8. The Morgan fingerprint density at radius 3 is 2.20 bits per heavy atom. The highest BCUT2D eigenvalue weighted by Crippen LogP contribution is 2.22. The van der Waals surface area contributed by atoms with Gasteiger partial charge in [-0.05, 0) is 68.6 Å². The number of rotatable bonds is 9. The predicted molar refractivity (Wildman–Crippen MR) is 123 cm³/mol. The third kappa shape index (κ3) is 6.32. The normalized spacial score (nSPS) is 13.5. The zero-order chi connectivity index (χ0) is 21.3. The second kappa shape index (κ2) is 10.8. The van der Waals surface area contributed by atoms with Gasteiger partial charge in [-0.1, -0.05) is 25.1 Å². The van der Waals surface area contributed by atoms with Crippen LogP contribution in [0.15, 0.2) is 48.5 Å². The topological polar surface area (TPSA) is 64.7 Å². The molecular weight excluding hydrogens is 376 g/mol. The first kappa shape index (κ1) is 21.8. The van der Waals surface area contributed by atoms with Crippen molar-refractivity contribution in [1.82, 2.24) is 4.90 Å². The Morgan fingerprint density at radius 1 is 0.933 bits per heavy atom. The van der Waals surface area contributed by atoms with Crippen LogP contribution in [-0.4, -0.2) is 49.4 Å². The molecule has 1 aliphatic rings. The second-order valence-electron chi connectivity index (χ2n) is 7.86. The van der Waals surface area contributed by atoms with Crippen LogP contribution in [0.25, 0.3) is 0 Å². The maximum Gasteiger partial charge on any atom is 0.238 e. The molecule has 0 saturated carbocycles. The summed E-state index contributed by atoms with van der Waals surface area (Å²) in [6.45, 7) is 7.25. The van der Waals surface area contributed by atoms with Gasteiger partial charge in [0, 0.05) is 30.2 Å². The molecule has 160 valence electrons. The molecule has 1 saturated heterocycles. The smallest absolute Gasteiger partial charge is 0.238 e. The molecule has 0 aliphatic carbocycles. The van der Waals surface area contributed by atoms with E-state index in [1.54, 1.807) is 0 Å². The van der Waals surface area contributed by atoms with E-state index in [1.165, 1.54) is 18.5 Å². The molecule has 0 atom stereocenters. The van der Waals surface area contributed by atoms with Crippen LogP contribution in [0.3, 0.4) is 0 Å². The molecule has 2 amide bonds. The third-order valence-corrected chi connectivity index (χ3v) is 5.32. The summed E-state index contributed by atoms with van der Waals surface area (Å²) in [4.78, 5) is 29.2. The molecule has 0 bridgehead atoms. The van der Waals surface area contributed by atoms with Crippen molar-refractivity contribution in [1.29, 1.82) is 0 Å².